The summed E-state index contributed by atoms with van der Waals surface area (Å²) in [4.78, 5) is 30.3. The van der Waals surface area contributed by atoms with E-state index in [1.165, 1.54) is 46.8 Å². The second kappa shape index (κ2) is 11.9. The molecule has 6 nitrogen and oxygen atoms in total. The van der Waals surface area contributed by atoms with Gasteiger partial charge in [0.05, 0.1) is 17.0 Å². The minimum absolute atomic E-state index is 0.153. The summed E-state index contributed by atoms with van der Waals surface area (Å²) < 4.78 is 0. The van der Waals surface area contributed by atoms with Crippen molar-refractivity contribution >= 4 is 57.1 Å². The zero-order valence-corrected chi connectivity index (χ0v) is 19.7. The average molecular weight is 476 g/mol. The number of carboxylic acids is 1. The molecule has 0 atom stereocenters. The van der Waals surface area contributed by atoms with Gasteiger partial charge in [0.2, 0.25) is 0 Å². The maximum absolute atomic E-state index is 12.5. The fraction of sp³-hybridized carbons (Fsp3) is 0.318. The van der Waals surface area contributed by atoms with Crippen molar-refractivity contribution in [2.24, 2.45) is 0 Å². The highest BCUT2D eigenvalue weighted by Gasteiger charge is 2.13. The molecule has 3 rings (SSSR count). The highest BCUT2D eigenvalue weighted by molar-refractivity contribution is 7.99. The number of hydrogen-bond acceptors (Lipinski definition) is 7. The van der Waals surface area contributed by atoms with Crippen LogP contribution < -0.4 is 10.6 Å². The zero-order valence-electron chi connectivity index (χ0n) is 17.2. The molecule has 0 bridgehead atoms. The number of thioether (sulfide) groups is 1. The van der Waals surface area contributed by atoms with Crippen LogP contribution in [0.4, 0.5) is 10.8 Å². The second-order valence-electron chi connectivity index (χ2n) is 6.84. The van der Waals surface area contributed by atoms with Crippen LogP contribution in [0.25, 0.3) is 0 Å². The molecule has 2 heterocycles. The van der Waals surface area contributed by atoms with E-state index in [0.717, 1.165) is 16.3 Å². The van der Waals surface area contributed by atoms with Gasteiger partial charge in [-0.2, -0.15) is 0 Å². The first-order valence-corrected chi connectivity index (χ1v) is 12.7. The number of aromatic nitrogens is 1. The summed E-state index contributed by atoms with van der Waals surface area (Å²) >= 11 is 4.53. The number of carbonyl (C=O) groups excluding carboxylic acids is 1. The Morgan fingerprint density at radius 2 is 2.00 bits per heavy atom. The standard InChI is InChI=1S/C22H25N3O3S3/c1-2-3-6-11-29-18-8-5-4-7-17(18)23-13-16-9-10-19(31-16)21(28)25-22-24-15(14-30-22)12-20(26)27/h4-5,7-10,14,23H,2-3,6,11-13H2,1H3,(H,26,27)(H,24,25,28). The molecule has 1 amide bonds. The van der Waals surface area contributed by atoms with Crippen molar-refractivity contribution in [1.82, 2.24) is 4.98 Å². The van der Waals surface area contributed by atoms with E-state index >= 15 is 0 Å². The van der Waals surface area contributed by atoms with Crippen molar-refractivity contribution in [2.45, 2.75) is 44.0 Å². The van der Waals surface area contributed by atoms with E-state index in [1.54, 1.807) is 11.4 Å². The molecule has 0 fully saturated rings. The van der Waals surface area contributed by atoms with Crippen LogP contribution in [0.15, 0.2) is 46.7 Å². The highest BCUT2D eigenvalue weighted by Crippen LogP contribution is 2.29. The number of nitrogens with zero attached hydrogens (tertiary/aromatic N) is 1. The monoisotopic (exact) mass is 475 g/mol. The van der Waals surface area contributed by atoms with Crippen molar-refractivity contribution in [3.63, 3.8) is 0 Å². The summed E-state index contributed by atoms with van der Waals surface area (Å²) in [7, 11) is 0. The highest BCUT2D eigenvalue weighted by atomic mass is 32.2. The van der Waals surface area contributed by atoms with Gasteiger partial charge in [0.25, 0.3) is 5.91 Å². The number of carboxylic acid groups (broad SMARTS) is 1. The number of amides is 1. The smallest absolute Gasteiger partial charge is 0.309 e. The van der Waals surface area contributed by atoms with E-state index in [1.807, 2.05) is 23.9 Å². The molecule has 2 aromatic heterocycles. The molecule has 0 saturated heterocycles. The number of aliphatic carboxylic acids is 1. The van der Waals surface area contributed by atoms with E-state index in [0.29, 0.717) is 22.2 Å². The molecule has 3 aromatic rings. The lowest BCUT2D eigenvalue weighted by Crippen LogP contribution is -2.10. The Balaban J connectivity index is 1.54. The van der Waals surface area contributed by atoms with E-state index in [9.17, 15) is 9.59 Å². The van der Waals surface area contributed by atoms with Crippen LogP contribution in [-0.4, -0.2) is 27.7 Å². The van der Waals surface area contributed by atoms with Crippen molar-refractivity contribution in [2.75, 3.05) is 16.4 Å². The first-order valence-electron chi connectivity index (χ1n) is 10.1. The largest absolute Gasteiger partial charge is 0.481 e. The predicted octanol–water partition coefficient (Wildman–Crippen LogP) is 5.98. The minimum Gasteiger partial charge on any atom is -0.481 e. The molecule has 3 N–H and O–H groups in total. The number of anilines is 2. The molecule has 0 aliphatic rings. The van der Waals surface area contributed by atoms with Gasteiger partial charge in [-0.3, -0.25) is 14.9 Å². The predicted molar refractivity (Wildman–Crippen MR) is 130 cm³/mol. The molecule has 0 saturated carbocycles. The lowest BCUT2D eigenvalue weighted by molar-refractivity contribution is -0.136. The van der Waals surface area contributed by atoms with E-state index in [4.69, 9.17) is 5.11 Å². The number of thiophene rings is 1. The SMILES string of the molecule is CCCCCSc1ccccc1NCc1ccc(C(=O)Nc2nc(CC(=O)O)cs2)s1. The number of unbranched alkanes of at least 4 members (excludes halogenated alkanes) is 2. The van der Waals surface area contributed by atoms with Crippen LogP contribution in [-0.2, 0) is 17.8 Å². The Bertz CT molecular complexity index is 1020. The van der Waals surface area contributed by atoms with Crippen LogP contribution in [0, 0.1) is 0 Å². The van der Waals surface area contributed by atoms with Gasteiger partial charge in [0, 0.05) is 27.4 Å². The Hall–Kier alpha value is -2.36. The van der Waals surface area contributed by atoms with Crippen LogP contribution in [0.3, 0.4) is 0 Å². The number of carbonyl (C=O) groups is 2. The van der Waals surface area contributed by atoms with E-state index in [2.05, 4.69) is 40.7 Å². The van der Waals surface area contributed by atoms with Gasteiger partial charge in [-0.25, -0.2) is 4.98 Å². The first kappa shape index (κ1) is 23.3. The fourth-order valence-corrected chi connectivity index (χ4v) is 5.40. The number of nitrogens with one attached hydrogen (secondary N) is 2. The van der Waals surface area contributed by atoms with Gasteiger partial charge in [-0.1, -0.05) is 31.9 Å². The summed E-state index contributed by atoms with van der Waals surface area (Å²) in [6.45, 7) is 2.86. The third-order valence-corrected chi connectivity index (χ3v) is 7.39. The van der Waals surface area contributed by atoms with E-state index < -0.39 is 5.97 Å². The summed E-state index contributed by atoms with van der Waals surface area (Å²) in [5.41, 5.74) is 1.55. The van der Waals surface area contributed by atoms with Gasteiger partial charge in [0.1, 0.15) is 0 Å². The Kier molecular flexibility index (Phi) is 8.93. The molecule has 0 aliphatic heterocycles. The van der Waals surface area contributed by atoms with Crippen molar-refractivity contribution in [1.29, 1.82) is 0 Å². The van der Waals surface area contributed by atoms with Crippen LogP contribution >= 0.6 is 34.4 Å². The lowest BCUT2D eigenvalue weighted by Gasteiger charge is -2.11. The van der Waals surface area contributed by atoms with Gasteiger partial charge in [-0.15, -0.1) is 34.4 Å². The van der Waals surface area contributed by atoms with Gasteiger partial charge < -0.3 is 10.4 Å². The molecular formula is C22H25N3O3S3. The topological polar surface area (TPSA) is 91.3 Å². The second-order valence-corrected chi connectivity index (χ2v) is 10.0. The fourth-order valence-electron chi connectivity index (χ4n) is 2.81. The molecule has 0 aliphatic carbocycles. The normalized spacial score (nSPS) is 10.7. The first-order chi connectivity index (χ1) is 15.0. The summed E-state index contributed by atoms with van der Waals surface area (Å²) in [6.07, 6.45) is 3.54. The number of rotatable bonds is 12. The van der Waals surface area contributed by atoms with Crippen LogP contribution in [0.1, 0.15) is 46.4 Å². The summed E-state index contributed by atoms with van der Waals surface area (Å²) in [6, 6.07) is 12.1. The third kappa shape index (κ3) is 7.37. The van der Waals surface area contributed by atoms with Crippen LogP contribution in [0.5, 0.6) is 0 Å². The molecule has 9 heteroatoms. The molecule has 0 radical (unpaired) electrons. The zero-order chi connectivity index (χ0) is 22.1. The maximum atomic E-state index is 12.5. The number of benzene rings is 1. The number of para-hydroxylation sites is 1. The maximum Gasteiger partial charge on any atom is 0.309 e. The van der Waals surface area contributed by atoms with Gasteiger partial charge in [-0.05, 0) is 36.4 Å². The molecular weight excluding hydrogens is 450 g/mol. The molecule has 0 unspecified atom stereocenters. The number of thiazole rings is 1. The molecule has 164 valence electrons. The van der Waals surface area contributed by atoms with E-state index in [-0.39, 0.29) is 12.3 Å². The van der Waals surface area contributed by atoms with Crippen molar-refractivity contribution in [3.8, 4) is 0 Å². The third-order valence-electron chi connectivity index (χ3n) is 4.34. The quantitative estimate of drug-likeness (QED) is 0.220. The van der Waals surface area contributed by atoms with Crippen molar-refractivity contribution < 1.29 is 14.7 Å². The number of hydrogen-bond donors (Lipinski definition) is 3. The van der Waals surface area contributed by atoms with Gasteiger partial charge >= 0.3 is 5.97 Å². The average Bonchev–Trinajstić information content (AvgIpc) is 3.39. The Morgan fingerprint density at radius 3 is 2.81 bits per heavy atom. The Morgan fingerprint density at radius 1 is 1.16 bits per heavy atom. The summed E-state index contributed by atoms with van der Waals surface area (Å²) in [5.74, 6) is -0.0697. The molecule has 0 spiro atoms. The van der Waals surface area contributed by atoms with Gasteiger partial charge in [0.15, 0.2) is 5.13 Å². The summed E-state index contributed by atoms with van der Waals surface area (Å²) in [5, 5.41) is 17.1. The van der Waals surface area contributed by atoms with Crippen molar-refractivity contribution in [3.05, 3.63) is 57.2 Å². The van der Waals surface area contributed by atoms with Crippen LogP contribution in [0.2, 0.25) is 0 Å². The minimum atomic E-state index is -0.945. The lowest BCUT2D eigenvalue weighted by atomic mass is 10.3. The Labute approximate surface area is 194 Å². The molecule has 31 heavy (non-hydrogen) atoms. The molecule has 1 aromatic carbocycles.